The Morgan fingerprint density at radius 2 is 1.04 bits per heavy atom. The standard InChI is InChI=1S/C28H22N2O4.C17H17NO5/c29-18-25-24(12-7-13-27(25)33-19-21-8-3-1-4-9-21)16-23-14-15-26(30(31)32)28(17-23)34-20-22-10-5-2-6-11-22;1-2-22-17(19)11-14-8-9-15(18(20)21)16(10-14)23-12-13-6-4-3-5-7-13/h1-15,17H,16,19-20H2;3-10H,2,11-12H2,1H3. The fourth-order valence-electron chi connectivity index (χ4n) is 5.65. The van der Waals surface area contributed by atoms with Crippen LogP contribution in [0.15, 0.2) is 146 Å². The maximum atomic E-state index is 11.5. The van der Waals surface area contributed by atoms with Crippen LogP contribution in [-0.4, -0.2) is 22.4 Å². The molecule has 6 rings (SSSR count). The number of carbonyl (C=O) groups excluding carboxylic acids is 1. The zero-order chi connectivity index (χ0) is 40.4. The zero-order valence-corrected chi connectivity index (χ0v) is 31.1. The molecule has 0 aliphatic heterocycles. The van der Waals surface area contributed by atoms with E-state index in [0.29, 0.717) is 36.5 Å². The van der Waals surface area contributed by atoms with Crippen molar-refractivity contribution in [2.45, 2.75) is 39.6 Å². The SMILES string of the molecule is CCOC(=O)Cc1ccc([N+](=O)[O-])c(OCc2ccccc2)c1.N#Cc1c(Cc2ccc([N+](=O)[O-])c(OCc3ccccc3)c2)cccc1OCc1ccccc1. The monoisotopic (exact) mass is 765 g/mol. The van der Waals surface area contributed by atoms with Crippen LogP contribution in [0.4, 0.5) is 11.4 Å². The van der Waals surface area contributed by atoms with E-state index < -0.39 is 9.85 Å². The molecule has 0 fully saturated rings. The van der Waals surface area contributed by atoms with Gasteiger partial charge in [0.05, 0.1) is 28.4 Å². The number of hydrogen-bond acceptors (Lipinski definition) is 10. The predicted octanol–water partition coefficient (Wildman–Crippen LogP) is 9.49. The number of ether oxygens (including phenoxy) is 4. The summed E-state index contributed by atoms with van der Waals surface area (Å²) in [6.45, 7) is 2.81. The molecule has 0 spiro atoms. The molecule has 0 amide bonds. The first-order valence-corrected chi connectivity index (χ1v) is 18.0. The first-order valence-electron chi connectivity index (χ1n) is 18.0. The van der Waals surface area contributed by atoms with Crippen molar-refractivity contribution in [3.63, 3.8) is 0 Å². The number of nitrogens with zero attached hydrogens (tertiary/aromatic N) is 3. The maximum absolute atomic E-state index is 11.5. The topological polar surface area (TPSA) is 164 Å². The molecule has 57 heavy (non-hydrogen) atoms. The van der Waals surface area contributed by atoms with Gasteiger partial charge in [-0.05, 0) is 64.9 Å². The van der Waals surface area contributed by atoms with Gasteiger partial charge in [-0.15, -0.1) is 0 Å². The summed E-state index contributed by atoms with van der Waals surface area (Å²) in [5, 5.41) is 32.4. The lowest BCUT2D eigenvalue weighted by Crippen LogP contribution is -2.08. The molecule has 0 atom stereocenters. The van der Waals surface area contributed by atoms with Crippen LogP contribution in [0.25, 0.3) is 0 Å². The van der Waals surface area contributed by atoms with Gasteiger partial charge in [0.1, 0.15) is 31.6 Å². The summed E-state index contributed by atoms with van der Waals surface area (Å²) in [5.41, 5.74) is 5.22. The summed E-state index contributed by atoms with van der Waals surface area (Å²) in [5.74, 6) is 0.462. The summed E-state index contributed by atoms with van der Waals surface area (Å²) in [7, 11) is 0. The van der Waals surface area contributed by atoms with Gasteiger partial charge in [-0.2, -0.15) is 5.26 Å². The lowest BCUT2D eigenvalue weighted by molar-refractivity contribution is -0.386. The normalized spacial score (nSPS) is 10.2. The van der Waals surface area contributed by atoms with Gasteiger partial charge in [0.25, 0.3) is 0 Å². The van der Waals surface area contributed by atoms with Gasteiger partial charge in [0.15, 0.2) is 11.5 Å². The summed E-state index contributed by atoms with van der Waals surface area (Å²) < 4.78 is 22.2. The van der Waals surface area contributed by atoms with Crippen molar-refractivity contribution >= 4 is 17.3 Å². The largest absolute Gasteiger partial charge is 0.488 e. The van der Waals surface area contributed by atoms with Gasteiger partial charge in [-0.1, -0.05) is 115 Å². The van der Waals surface area contributed by atoms with E-state index in [0.717, 1.165) is 27.8 Å². The van der Waals surface area contributed by atoms with Crippen LogP contribution in [0.1, 0.15) is 45.9 Å². The smallest absolute Gasteiger partial charge is 0.310 e. The molecule has 0 heterocycles. The summed E-state index contributed by atoms with van der Waals surface area (Å²) in [6, 6.07) is 45.5. The second-order valence-electron chi connectivity index (χ2n) is 12.5. The van der Waals surface area contributed by atoms with Crippen molar-refractivity contribution in [1.29, 1.82) is 5.26 Å². The molecule has 0 saturated heterocycles. The molecular weight excluding hydrogens is 727 g/mol. The lowest BCUT2D eigenvalue weighted by atomic mass is 9.99. The van der Waals surface area contributed by atoms with Crippen LogP contribution in [0.3, 0.4) is 0 Å². The van der Waals surface area contributed by atoms with Crippen molar-refractivity contribution in [2.24, 2.45) is 0 Å². The van der Waals surface area contributed by atoms with E-state index in [2.05, 4.69) is 6.07 Å². The number of esters is 1. The number of nitro groups is 2. The molecule has 288 valence electrons. The predicted molar refractivity (Wildman–Crippen MR) is 213 cm³/mol. The van der Waals surface area contributed by atoms with Crippen molar-refractivity contribution in [3.05, 3.63) is 205 Å². The van der Waals surface area contributed by atoms with Gasteiger partial charge in [0.2, 0.25) is 0 Å². The second kappa shape index (κ2) is 20.8. The van der Waals surface area contributed by atoms with Crippen LogP contribution in [-0.2, 0) is 42.2 Å². The average Bonchev–Trinajstić information content (AvgIpc) is 3.23. The van der Waals surface area contributed by atoms with Crippen molar-refractivity contribution < 1.29 is 33.6 Å². The number of benzene rings is 6. The van der Waals surface area contributed by atoms with Crippen LogP contribution >= 0.6 is 0 Å². The van der Waals surface area contributed by atoms with E-state index in [4.69, 9.17) is 18.9 Å². The summed E-state index contributed by atoms with van der Waals surface area (Å²) >= 11 is 0. The molecule has 12 heteroatoms. The van der Waals surface area contributed by atoms with E-state index in [1.165, 1.54) is 24.3 Å². The van der Waals surface area contributed by atoms with E-state index in [9.17, 15) is 30.3 Å². The molecule has 0 unspecified atom stereocenters. The van der Waals surface area contributed by atoms with Gasteiger partial charge in [0, 0.05) is 12.1 Å². The molecule has 0 bridgehead atoms. The second-order valence-corrected chi connectivity index (χ2v) is 12.5. The quantitative estimate of drug-likeness (QED) is 0.0526. The molecule has 12 nitrogen and oxygen atoms in total. The molecule has 0 saturated carbocycles. The van der Waals surface area contributed by atoms with Crippen LogP contribution in [0, 0.1) is 31.6 Å². The molecule has 0 aliphatic rings. The molecular formula is C45H39N3O9. The Kier molecular flexibility index (Phi) is 14.8. The van der Waals surface area contributed by atoms with Gasteiger partial charge >= 0.3 is 17.3 Å². The average molecular weight is 766 g/mol. The molecule has 0 radical (unpaired) electrons. The molecule has 6 aromatic rings. The first kappa shape index (κ1) is 40.7. The Morgan fingerprint density at radius 1 is 0.579 bits per heavy atom. The number of nitriles is 1. The fourth-order valence-corrected chi connectivity index (χ4v) is 5.65. The third kappa shape index (κ3) is 12.2. The third-order valence-electron chi connectivity index (χ3n) is 8.43. The van der Waals surface area contributed by atoms with E-state index in [1.807, 2.05) is 103 Å². The highest BCUT2D eigenvalue weighted by molar-refractivity contribution is 5.73. The Hall–Kier alpha value is -7.52. The number of carbonyl (C=O) groups is 1. The van der Waals surface area contributed by atoms with E-state index in [1.54, 1.807) is 25.1 Å². The first-order chi connectivity index (χ1) is 27.7. The minimum Gasteiger partial charge on any atom is -0.488 e. The highest BCUT2D eigenvalue weighted by atomic mass is 16.6. The lowest BCUT2D eigenvalue weighted by Gasteiger charge is -2.12. The summed E-state index contributed by atoms with van der Waals surface area (Å²) in [6.07, 6.45) is 0.457. The molecule has 0 N–H and O–H groups in total. The number of rotatable bonds is 16. The number of nitro benzene ring substituents is 2. The van der Waals surface area contributed by atoms with Crippen LogP contribution < -0.4 is 14.2 Å². The zero-order valence-electron chi connectivity index (χ0n) is 31.1. The third-order valence-corrected chi connectivity index (χ3v) is 8.43. The van der Waals surface area contributed by atoms with Gasteiger partial charge in [-0.25, -0.2) is 0 Å². The molecule has 0 aromatic heterocycles. The molecule has 6 aromatic carbocycles. The minimum atomic E-state index is -0.505. The minimum absolute atomic E-state index is 0.0491. The fraction of sp³-hybridized carbons (Fsp3) is 0.156. The van der Waals surface area contributed by atoms with E-state index >= 15 is 0 Å². The Morgan fingerprint density at radius 3 is 1.49 bits per heavy atom. The summed E-state index contributed by atoms with van der Waals surface area (Å²) in [4.78, 5) is 33.2. The van der Waals surface area contributed by atoms with Gasteiger partial charge < -0.3 is 18.9 Å². The van der Waals surface area contributed by atoms with Crippen molar-refractivity contribution in [3.8, 4) is 23.3 Å². The number of hydrogen-bond donors (Lipinski definition) is 0. The van der Waals surface area contributed by atoms with E-state index in [-0.39, 0.29) is 48.5 Å². The Bertz CT molecular complexity index is 2310. The Labute approximate surface area is 329 Å². The van der Waals surface area contributed by atoms with Crippen LogP contribution in [0.5, 0.6) is 17.2 Å². The highest BCUT2D eigenvalue weighted by Gasteiger charge is 2.19. The Balaban J connectivity index is 0.000000235. The van der Waals surface area contributed by atoms with Gasteiger partial charge in [-0.3, -0.25) is 25.0 Å². The molecule has 0 aliphatic carbocycles. The maximum Gasteiger partial charge on any atom is 0.310 e. The van der Waals surface area contributed by atoms with Crippen molar-refractivity contribution in [1.82, 2.24) is 0 Å². The van der Waals surface area contributed by atoms with Crippen LogP contribution in [0.2, 0.25) is 0 Å². The highest BCUT2D eigenvalue weighted by Crippen LogP contribution is 2.32. The van der Waals surface area contributed by atoms with Crippen molar-refractivity contribution in [2.75, 3.05) is 6.61 Å².